The van der Waals surface area contributed by atoms with E-state index in [4.69, 9.17) is 10.2 Å². The second-order valence-electron chi connectivity index (χ2n) is 5.00. The minimum absolute atomic E-state index is 0. The summed E-state index contributed by atoms with van der Waals surface area (Å²) >= 11 is 0. The van der Waals surface area contributed by atoms with Gasteiger partial charge in [0.15, 0.2) is 0 Å². The van der Waals surface area contributed by atoms with Crippen LogP contribution in [-0.4, -0.2) is 33.5 Å². The quantitative estimate of drug-likeness (QED) is 0.680. The molecular formula is C13H24ClN3O4S. The number of rotatable bonds is 7. The minimum Gasteiger partial charge on any atom is -0.448 e. The van der Waals surface area contributed by atoms with Crippen LogP contribution in [0.4, 0.5) is 0 Å². The van der Waals surface area contributed by atoms with Gasteiger partial charge >= 0.3 is 0 Å². The van der Waals surface area contributed by atoms with Crippen molar-refractivity contribution in [1.82, 2.24) is 10.0 Å². The highest BCUT2D eigenvalue weighted by Gasteiger charge is 2.25. The Morgan fingerprint density at radius 2 is 1.91 bits per heavy atom. The van der Waals surface area contributed by atoms with Gasteiger partial charge in [-0.2, -0.15) is 0 Å². The van der Waals surface area contributed by atoms with Crippen LogP contribution in [0.2, 0.25) is 0 Å². The fourth-order valence-corrected chi connectivity index (χ4v) is 2.47. The van der Waals surface area contributed by atoms with E-state index in [0.29, 0.717) is 6.54 Å². The number of carbonyl (C=O) groups excluding carboxylic acids is 1. The number of furan rings is 1. The third kappa shape index (κ3) is 4.70. The van der Waals surface area contributed by atoms with Gasteiger partial charge in [0.2, 0.25) is 5.09 Å². The molecule has 1 aromatic rings. The number of halogens is 1. The largest absolute Gasteiger partial charge is 0.448 e. The third-order valence-corrected chi connectivity index (χ3v) is 4.95. The molecule has 4 N–H and O–H groups in total. The fraction of sp³-hybridized carbons (Fsp3) is 0.615. The van der Waals surface area contributed by atoms with Crippen LogP contribution in [0.5, 0.6) is 0 Å². The van der Waals surface area contributed by atoms with Crippen LogP contribution in [-0.2, 0) is 10.0 Å². The number of hydrogen-bond donors (Lipinski definition) is 3. The standard InChI is InChI=1S/C13H23N3O4S.ClH/c1-5-13(14,6-2)8-16-12(17)10-7-11(20-9(10)3)21(18,19)15-4;/h7,15H,5-6,8,14H2,1-4H3,(H,16,17);1H. The number of nitrogens with two attached hydrogens (primary N) is 1. The summed E-state index contributed by atoms with van der Waals surface area (Å²) in [5.41, 5.74) is 5.84. The van der Waals surface area contributed by atoms with Crippen LogP contribution in [0.15, 0.2) is 15.6 Å². The summed E-state index contributed by atoms with van der Waals surface area (Å²) in [6.45, 7) is 5.77. The topological polar surface area (TPSA) is 114 Å². The summed E-state index contributed by atoms with van der Waals surface area (Å²) in [6, 6.07) is 1.21. The Morgan fingerprint density at radius 3 is 2.36 bits per heavy atom. The summed E-state index contributed by atoms with van der Waals surface area (Å²) in [5.74, 6) is -0.150. The molecule has 1 amide bonds. The van der Waals surface area contributed by atoms with E-state index >= 15 is 0 Å². The molecule has 0 saturated carbocycles. The number of sulfonamides is 1. The van der Waals surface area contributed by atoms with Crippen molar-refractivity contribution in [1.29, 1.82) is 0 Å². The van der Waals surface area contributed by atoms with E-state index < -0.39 is 21.5 Å². The maximum Gasteiger partial charge on any atom is 0.273 e. The summed E-state index contributed by atoms with van der Waals surface area (Å²) in [7, 11) is -2.43. The predicted octanol–water partition coefficient (Wildman–Crippen LogP) is 1.17. The first-order valence-electron chi connectivity index (χ1n) is 6.80. The Bertz CT molecular complexity index is 609. The van der Waals surface area contributed by atoms with Gasteiger partial charge < -0.3 is 15.5 Å². The lowest BCUT2D eigenvalue weighted by Crippen LogP contribution is -2.49. The first-order valence-corrected chi connectivity index (χ1v) is 8.28. The van der Waals surface area contributed by atoms with E-state index in [1.54, 1.807) is 6.92 Å². The molecule has 0 unspecified atom stereocenters. The molecule has 0 atom stereocenters. The Morgan fingerprint density at radius 1 is 1.36 bits per heavy atom. The molecule has 0 aliphatic carbocycles. The summed E-state index contributed by atoms with van der Waals surface area (Å²) in [6.07, 6.45) is 1.46. The van der Waals surface area contributed by atoms with Crippen molar-refractivity contribution in [3.05, 3.63) is 17.4 Å². The van der Waals surface area contributed by atoms with Crippen molar-refractivity contribution in [2.45, 2.75) is 44.2 Å². The zero-order chi connectivity index (χ0) is 16.3. The van der Waals surface area contributed by atoms with Crippen LogP contribution >= 0.6 is 12.4 Å². The van der Waals surface area contributed by atoms with Crippen LogP contribution in [0.3, 0.4) is 0 Å². The van der Waals surface area contributed by atoms with Gasteiger partial charge in [0, 0.05) is 18.2 Å². The second-order valence-corrected chi connectivity index (χ2v) is 6.81. The van der Waals surface area contributed by atoms with Crippen LogP contribution in [0, 0.1) is 6.92 Å². The summed E-state index contributed by atoms with van der Waals surface area (Å²) in [4.78, 5) is 12.1. The number of hydrogen-bond acceptors (Lipinski definition) is 5. The summed E-state index contributed by atoms with van der Waals surface area (Å²) < 4.78 is 30.6. The molecule has 0 spiro atoms. The van der Waals surface area contributed by atoms with E-state index in [2.05, 4.69) is 10.0 Å². The lowest BCUT2D eigenvalue weighted by atomic mass is 9.94. The van der Waals surface area contributed by atoms with Crippen molar-refractivity contribution < 1.29 is 17.6 Å². The number of carbonyl (C=O) groups is 1. The van der Waals surface area contributed by atoms with Gasteiger partial charge in [-0.05, 0) is 26.8 Å². The van der Waals surface area contributed by atoms with E-state index in [0.717, 1.165) is 12.8 Å². The number of aryl methyl sites for hydroxylation is 1. The molecule has 1 rings (SSSR count). The van der Waals surface area contributed by atoms with E-state index in [-0.39, 0.29) is 28.8 Å². The Kier molecular flexibility index (Phi) is 7.56. The predicted molar refractivity (Wildman–Crippen MR) is 86.8 cm³/mol. The molecule has 0 bridgehead atoms. The van der Waals surface area contributed by atoms with Gasteiger partial charge in [-0.3, -0.25) is 4.79 Å². The lowest BCUT2D eigenvalue weighted by molar-refractivity contribution is 0.0940. The molecular weight excluding hydrogens is 330 g/mol. The highest BCUT2D eigenvalue weighted by atomic mass is 35.5. The monoisotopic (exact) mass is 353 g/mol. The van der Waals surface area contributed by atoms with Gasteiger partial charge in [-0.1, -0.05) is 13.8 Å². The Balaban J connectivity index is 0.00000441. The fourth-order valence-electron chi connectivity index (χ4n) is 1.76. The van der Waals surface area contributed by atoms with Crippen LogP contribution < -0.4 is 15.8 Å². The average molecular weight is 354 g/mol. The van der Waals surface area contributed by atoms with Gasteiger partial charge in [0.05, 0.1) is 5.56 Å². The zero-order valence-corrected chi connectivity index (χ0v) is 14.9. The van der Waals surface area contributed by atoms with E-state index in [1.807, 2.05) is 13.8 Å². The van der Waals surface area contributed by atoms with Gasteiger partial charge in [0.25, 0.3) is 15.9 Å². The molecule has 0 aromatic carbocycles. The molecule has 128 valence electrons. The summed E-state index contributed by atoms with van der Waals surface area (Å²) in [5, 5.41) is 2.45. The maximum atomic E-state index is 12.1. The molecule has 1 heterocycles. The molecule has 7 nitrogen and oxygen atoms in total. The smallest absolute Gasteiger partial charge is 0.273 e. The molecule has 22 heavy (non-hydrogen) atoms. The van der Waals surface area contributed by atoms with Gasteiger partial charge in [0.1, 0.15) is 5.76 Å². The first-order chi connectivity index (χ1) is 9.69. The van der Waals surface area contributed by atoms with Gasteiger partial charge in [-0.15, -0.1) is 12.4 Å². The van der Waals surface area contributed by atoms with Crippen molar-refractivity contribution in [3.8, 4) is 0 Å². The maximum absolute atomic E-state index is 12.1. The van der Waals surface area contributed by atoms with Crippen molar-refractivity contribution in [2.24, 2.45) is 5.73 Å². The highest BCUT2D eigenvalue weighted by Crippen LogP contribution is 2.19. The molecule has 0 saturated heterocycles. The zero-order valence-electron chi connectivity index (χ0n) is 13.2. The molecule has 0 fully saturated rings. The lowest BCUT2D eigenvalue weighted by Gasteiger charge is -2.26. The molecule has 0 radical (unpaired) electrons. The van der Waals surface area contributed by atoms with E-state index in [9.17, 15) is 13.2 Å². The van der Waals surface area contributed by atoms with Crippen LogP contribution in [0.25, 0.3) is 0 Å². The average Bonchev–Trinajstić information content (AvgIpc) is 2.87. The van der Waals surface area contributed by atoms with E-state index in [1.165, 1.54) is 13.1 Å². The highest BCUT2D eigenvalue weighted by molar-refractivity contribution is 7.89. The van der Waals surface area contributed by atoms with Crippen LogP contribution in [0.1, 0.15) is 42.8 Å². The molecule has 0 aliphatic rings. The third-order valence-electron chi connectivity index (χ3n) is 3.68. The normalized spacial score (nSPS) is 11.9. The Labute approximate surface area is 137 Å². The molecule has 0 aliphatic heterocycles. The Hall–Kier alpha value is -1.09. The second kappa shape index (κ2) is 7.96. The number of nitrogens with one attached hydrogen (secondary N) is 2. The SMILES string of the molecule is CCC(N)(CC)CNC(=O)c1cc(S(=O)(=O)NC)oc1C.Cl. The minimum atomic E-state index is -3.71. The van der Waals surface area contributed by atoms with Crippen molar-refractivity contribution >= 4 is 28.3 Å². The molecule has 1 aromatic heterocycles. The number of amides is 1. The molecule has 9 heteroatoms. The van der Waals surface area contributed by atoms with Crippen molar-refractivity contribution in [2.75, 3.05) is 13.6 Å². The van der Waals surface area contributed by atoms with Crippen molar-refractivity contribution in [3.63, 3.8) is 0 Å². The van der Waals surface area contributed by atoms with Gasteiger partial charge in [-0.25, -0.2) is 13.1 Å². The first kappa shape index (κ1) is 20.9.